The van der Waals surface area contributed by atoms with Gasteiger partial charge < -0.3 is 21.1 Å². The lowest BCUT2D eigenvalue weighted by molar-refractivity contribution is -0.137. The van der Waals surface area contributed by atoms with Crippen LogP contribution >= 0.6 is 0 Å². The number of hydrogen-bond acceptors (Lipinski definition) is 5. The first kappa shape index (κ1) is 25.6. The zero-order valence-electron chi connectivity index (χ0n) is 20.5. The van der Waals surface area contributed by atoms with Crippen molar-refractivity contribution < 1.29 is 22.7 Å². The van der Waals surface area contributed by atoms with Gasteiger partial charge in [0.05, 0.1) is 36.2 Å². The normalized spacial score (nSPS) is 14.5. The summed E-state index contributed by atoms with van der Waals surface area (Å²) in [7, 11) is 0. The van der Waals surface area contributed by atoms with Gasteiger partial charge in [0.15, 0.2) is 5.82 Å². The predicted octanol–water partition coefficient (Wildman–Crippen LogP) is 5.28. The van der Waals surface area contributed by atoms with E-state index in [4.69, 9.17) is 10.5 Å². The Kier molecular flexibility index (Phi) is 7.21. The molecule has 2 amide bonds. The van der Waals surface area contributed by atoms with Crippen molar-refractivity contribution in [1.82, 2.24) is 14.7 Å². The third-order valence-corrected chi connectivity index (χ3v) is 6.44. The molecule has 0 radical (unpaired) electrons. The predicted molar refractivity (Wildman–Crippen MR) is 141 cm³/mol. The number of amides is 2. The molecule has 38 heavy (non-hydrogen) atoms. The molecule has 0 spiro atoms. The molecule has 5 rings (SSSR count). The zero-order valence-corrected chi connectivity index (χ0v) is 20.5. The number of nitrogens with two attached hydrogens (primary N) is 1. The van der Waals surface area contributed by atoms with Crippen molar-refractivity contribution in [3.05, 3.63) is 72.3 Å². The molecule has 0 bridgehead atoms. The van der Waals surface area contributed by atoms with Crippen molar-refractivity contribution in [2.75, 3.05) is 49.2 Å². The number of hydrogen-bond donors (Lipinski definition) is 3. The van der Waals surface area contributed by atoms with Crippen LogP contribution in [-0.4, -0.2) is 53.6 Å². The monoisotopic (exact) mass is 524 g/mol. The van der Waals surface area contributed by atoms with Crippen LogP contribution in [0.15, 0.2) is 66.7 Å². The smallest absolute Gasteiger partial charge is 0.382 e. The van der Waals surface area contributed by atoms with E-state index in [2.05, 4.69) is 20.6 Å². The minimum Gasteiger partial charge on any atom is -0.382 e. The number of morpholine rings is 1. The molecule has 1 aliphatic heterocycles. The Bertz CT molecular complexity index is 1430. The summed E-state index contributed by atoms with van der Waals surface area (Å²) in [6, 6.07) is 16.9. The summed E-state index contributed by atoms with van der Waals surface area (Å²) in [6.45, 7) is 4.85. The van der Waals surface area contributed by atoms with Crippen molar-refractivity contribution in [3.8, 4) is 11.1 Å². The van der Waals surface area contributed by atoms with Gasteiger partial charge in [-0.1, -0.05) is 30.3 Å². The number of benzene rings is 3. The number of nitrogens with zero attached hydrogens (tertiary/aromatic N) is 3. The summed E-state index contributed by atoms with van der Waals surface area (Å²) < 4.78 is 46.1. The first-order valence-electron chi connectivity index (χ1n) is 12.2. The van der Waals surface area contributed by atoms with Crippen molar-refractivity contribution in [3.63, 3.8) is 0 Å². The number of nitrogen functional groups attached to an aromatic ring is 1. The fourth-order valence-electron chi connectivity index (χ4n) is 4.53. The van der Waals surface area contributed by atoms with Crippen LogP contribution in [0.3, 0.4) is 0 Å². The molecule has 11 heteroatoms. The largest absolute Gasteiger partial charge is 0.416 e. The summed E-state index contributed by atoms with van der Waals surface area (Å²) in [5.41, 5.74) is 8.77. The average molecular weight is 525 g/mol. The second-order valence-corrected chi connectivity index (χ2v) is 9.00. The summed E-state index contributed by atoms with van der Waals surface area (Å²) in [5.74, 6) is 0.445. The van der Waals surface area contributed by atoms with Gasteiger partial charge in [-0.3, -0.25) is 9.58 Å². The molecule has 0 unspecified atom stereocenters. The van der Waals surface area contributed by atoms with Crippen molar-refractivity contribution in [2.24, 2.45) is 0 Å². The standard InChI is InChI=1S/C27H27F3N6O2/c28-27(29,30)19-3-1-4-21(17-19)33-26(37)32-20-9-7-18(8-10-20)22-5-2-6-23-24(22)25(31)34-36(23)12-11-35-13-15-38-16-14-35/h1-10,17H,11-16H2,(H2,31,34)(H2,32,33,37). The summed E-state index contributed by atoms with van der Waals surface area (Å²) in [6.07, 6.45) is -4.49. The van der Waals surface area contributed by atoms with Crippen LogP contribution in [-0.2, 0) is 17.5 Å². The van der Waals surface area contributed by atoms with Gasteiger partial charge in [-0.25, -0.2) is 4.79 Å². The van der Waals surface area contributed by atoms with Crippen molar-refractivity contribution in [2.45, 2.75) is 12.7 Å². The summed E-state index contributed by atoms with van der Waals surface area (Å²) in [5, 5.41) is 10.5. The highest BCUT2D eigenvalue weighted by Crippen LogP contribution is 2.33. The van der Waals surface area contributed by atoms with Crippen LogP contribution < -0.4 is 16.4 Å². The number of rotatable bonds is 6. The maximum absolute atomic E-state index is 12.9. The van der Waals surface area contributed by atoms with Gasteiger partial charge in [0.1, 0.15) is 0 Å². The third-order valence-electron chi connectivity index (χ3n) is 6.44. The lowest BCUT2D eigenvalue weighted by Gasteiger charge is -2.26. The SMILES string of the molecule is Nc1nn(CCN2CCOCC2)c2cccc(-c3ccc(NC(=O)Nc4cccc(C(F)(F)F)c4)cc3)c12. The molecule has 0 saturated carbocycles. The van der Waals surface area contributed by atoms with E-state index in [1.54, 1.807) is 12.1 Å². The Balaban J connectivity index is 1.28. The Labute approximate surface area is 217 Å². The van der Waals surface area contributed by atoms with Gasteiger partial charge in [0.25, 0.3) is 0 Å². The van der Waals surface area contributed by atoms with E-state index < -0.39 is 17.8 Å². The van der Waals surface area contributed by atoms with Crippen molar-refractivity contribution >= 4 is 34.1 Å². The molecule has 198 valence electrons. The molecule has 4 aromatic rings. The van der Waals surface area contributed by atoms with E-state index in [1.165, 1.54) is 12.1 Å². The molecule has 0 atom stereocenters. The molecule has 0 aliphatic carbocycles. The highest BCUT2D eigenvalue weighted by atomic mass is 19.4. The van der Waals surface area contributed by atoms with E-state index in [0.717, 1.165) is 67.0 Å². The van der Waals surface area contributed by atoms with Gasteiger partial charge >= 0.3 is 12.2 Å². The number of carbonyl (C=O) groups excluding carboxylic acids is 1. The second-order valence-electron chi connectivity index (χ2n) is 9.00. The minimum atomic E-state index is -4.49. The lowest BCUT2D eigenvalue weighted by Crippen LogP contribution is -2.38. The van der Waals surface area contributed by atoms with E-state index in [9.17, 15) is 18.0 Å². The Morgan fingerprint density at radius 3 is 2.39 bits per heavy atom. The molecule has 1 fully saturated rings. The fraction of sp³-hybridized carbons (Fsp3) is 0.259. The number of anilines is 3. The van der Waals surface area contributed by atoms with E-state index in [0.29, 0.717) is 18.1 Å². The zero-order chi connectivity index (χ0) is 26.7. The molecule has 4 N–H and O–H groups in total. The highest BCUT2D eigenvalue weighted by molar-refractivity contribution is 6.03. The topological polar surface area (TPSA) is 97.4 Å². The van der Waals surface area contributed by atoms with E-state index in [-0.39, 0.29) is 5.69 Å². The Morgan fingerprint density at radius 1 is 0.947 bits per heavy atom. The van der Waals surface area contributed by atoms with Crippen LogP contribution in [0.5, 0.6) is 0 Å². The molecule has 1 aromatic heterocycles. The molecular formula is C27H27F3N6O2. The number of fused-ring (bicyclic) bond motifs is 1. The fourth-order valence-corrected chi connectivity index (χ4v) is 4.53. The van der Waals surface area contributed by atoms with Crippen molar-refractivity contribution in [1.29, 1.82) is 0 Å². The quantitative estimate of drug-likeness (QED) is 0.319. The molecule has 2 heterocycles. The molecule has 1 saturated heterocycles. The lowest BCUT2D eigenvalue weighted by atomic mass is 10.0. The number of alkyl halides is 3. The maximum atomic E-state index is 12.9. The number of aromatic nitrogens is 2. The van der Waals surface area contributed by atoms with E-state index >= 15 is 0 Å². The van der Waals surface area contributed by atoms with Gasteiger partial charge in [-0.2, -0.15) is 18.3 Å². The number of ether oxygens (including phenoxy) is 1. The molecular weight excluding hydrogens is 497 g/mol. The van der Waals surface area contributed by atoms with Gasteiger partial charge in [-0.05, 0) is 47.5 Å². The van der Waals surface area contributed by atoms with Crippen LogP contribution in [0, 0.1) is 0 Å². The van der Waals surface area contributed by atoms with Crippen LogP contribution in [0.1, 0.15) is 5.56 Å². The summed E-state index contributed by atoms with van der Waals surface area (Å²) >= 11 is 0. The van der Waals surface area contributed by atoms with Crippen LogP contribution in [0.25, 0.3) is 22.0 Å². The van der Waals surface area contributed by atoms with E-state index in [1.807, 2.05) is 35.0 Å². The van der Waals surface area contributed by atoms with Crippen LogP contribution in [0.2, 0.25) is 0 Å². The second kappa shape index (κ2) is 10.7. The number of carbonyl (C=O) groups is 1. The first-order valence-corrected chi connectivity index (χ1v) is 12.2. The van der Waals surface area contributed by atoms with Gasteiger partial charge in [0, 0.05) is 31.0 Å². The molecule has 3 aromatic carbocycles. The summed E-state index contributed by atoms with van der Waals surface area (Å²) in [4.78, 5) is 14.7. The average Bonchev–Trinajstić information content (AvgIpc) is 3.24. The number of urea groups is 1. The first-order chi connectivity index (χ1) is 18.3. The Morgan fingerprint density at radius 2 is 1.66 bits per heavy atom. The number of halogens is 3. The minimum absolute atomic E-state index is 0.0433. The third kappa shape index (κ3) is 5.74. The Hall–Kier alpha value is -4.09. The molecule has 1 aliphatic rings. The van der Waals surface area contributed by atoms with Crippen LogP contribution in [0.4, 0.5) is 35.2 Å². The maximum Gasteiger partial charge on any atom is 0.416 e. The van der Waals surface area contributed by atoms with Gasteiger partial charge in [0.2, 0.25) is 0 Å². The van der Waals surface area contributed by atoms with Gasteiger partial charge in [-0.15, -0.1) is 0 Å². The number of nitrogens with one attached hydrogen (secondary N) is 2. The highest BCUT2D eigenvalue weighted by Gasteiger charge is 2.30. The molecule has 8 nitrogen and oxygen atoms in total.